The van der Waals surface area contributed by atoms with Crippen LogP contribution in [0.3, 0.4) is 0 Å². The fraction of sp³-hybridized carbons (Fsp3) is 0.250. The molecule has 35 heavy (non-hydrogen) atoms. The van der Waals surface area contributed by atoms with Crippen molar-refractivity contribution in [2.75, 3.05) is 31.1 Å². The second-order valence-electron chi connectivity index (χ2n) is 8.91. The van der Waals surface area contributed by atoms with E-state index in [0.29, 0.717) is 25.2 Å². The lowest BCUT2D eigenvalue weighted by Crippen LogP contribution is -2.36. The topological polar surface area (TPSA) is 63.4 Å². The second-order valence-corrected chi connectivity index (χ2v) is 8.91. The highest BCUT2D eigenvalue weighted by molar-refractivity contribution is 5.94. The van der Waals surface area contributed by atoms with Crippen LogP contribution in [0.1, 0.15) is 28.2 Å². The van der Waals surface area contributed by atoms with Crippen LogP contribution in [0.25, 0.3) is 11.4 Å². The molecule has 0 aliphatic carbocycles. The Morgan fingerprint density at radius 2 is 1.46 bits per heavy atom. The van der Waals surface area contributed by atoms with Crippen molar-refractivity contribution in [2.24, 2.45) is 0 Å². The molecule has 0 atom stereocenters. The van der Waals surface area contributed by atoms with E-state index < -0.39 is 0 Å². The standard InChI is InChI=1S/C28H29N5O2/c1-21-9-10-22(2)32(21)24-13-11-23(12-14-24)28(35)31-18-6-17-30(19-20-31)26-15-16-27(34)33(29-26)25-7-4-3-5-8-25/h3-5,7-16H,6,17-20H2,1-2H3. The molecule has 5 rings (SSSR count). The van der Waals surface area contributed by atoms with Crippen molar-refractivity contribution in [2.45, 2.75) is 20.3 Å². The fourth-order valence-electron chi connectivity index (χ4n) is 4.69. The zero-order valence-corrected chi connectivity index (χ0v) is 20.1. The lowest BCUT2D eigenvalue weighted by molar-refractivity contribution is 0.0767. The molecule has 1 fully saturated rings. The first-order valence-electron chi connectivity index (χ1n) is 12.0. The number of benzene rings is 2. The van der Waals surface area contributed by atoms with Gasteiger partial charge in [0.25, 0.3) is 11.5 Å². The van der Waals surface area contributed by atoms with Gasteiger partial charge in [0.15, 0.2) is 0 Å². The Morgan fingerprint density at radius 1 is 0.743 bits per heavy atom. The van der Waals surface area contributed by atoms with Crippen LogP contribution in [0.5, 0.6) is 0 Å². The number of hydrogen-bond donors (Lipinski definition) is 0. The van der Waals surface area contributed by atoms with Crippen LogP contribution in [0.2, 0.25) is 0 Å². The molecule has 0 spiro atoms. The number of aromatic nitrogens is 3. The Hall–Kier alpha value is -4.13. The third-order valence-corrected chi connectivity index (χ3v) is 6.54. The largest absolute Gasteiger partial charge is 0.353 e. The van der Waals surface area contributed by atoms with Gasteiger partial charge in [0.05, 0.1) is 5.69 Å². The number of nitrogens with zero attached hydrogens (tertiary/aromatic N) is 5. The summed E-state index contributed by atoms with van der Waals surface area (Å²) in [5, 5.41) is 4.61. The zero-order valence-electron chi connectivity index (χ0n) is 20.1. The van der Waals surface area contributed by atoms with Gasteiger partial charge in [0.2, 0.25) is 0 Å². The summed E-state index contributed by atoms with van der Waals surface area (Å²) in [7, 11) is 0. The minimum Gasteiger partial charge on any atom is -0.353 e. The Labute approximate surface area is 204 Å². The van der Waals surface area contributed by atoms with E-state index in [0.717, 1.165) is 30.2 Å². The van der Waals surface area contributed by atoms with Gasteiger partial charge in [-0.2, -0.15) is 4.68 Å². The van der Waals surface area contributed by atoms with Crippen LogP contribution in [0.4, 0.5) is 5.82 Å². The molecule has 2 aromatic carbocycles. The number of anilines is 1. The molecular formula is C28H29N5O2. The molecule has 7 heteroatoms. The highest BCUT2D eigenvalue weighted by atomic mass is 16.2. The maximum atomic E-state index is 13.3. The number of rotatable bonds is 4. The lowest BCUT2D eigenvalue weighted by atomic mass is 10.1. The highest BCUT2D eigenvalue weighted by Crippen LogP contribution is 2.19. The summed E-state index contributed by atoms with van der Waals surface area (Å²) in [5.74, 6) is 0.783. The average Bonchev–Trinajstić information content (AvgIpc) is 3.07. The van der Waals surface area contributed by atoms with E-state index in [1.165, 1.54) is 16.1 Å². The van der Waals surface area contributed by atoms with Gasteiger partial charge < -0.3 is 14.4 Å². The van der Waals surface area contributed by atoms with Gasteiger partial charge in [-0.15, -0.1) is 5.10 Å². The summed E-state index contributed by atoms with van der Waals surface area (Å²) in [6, 6.07) is 24.8. The molecule has 4 aromatic rings. The van der Waals surface area contributed by atoms with Crippen LogP contribution in [0, 0.1) is 13.8 Å². The van der Waals surface area contributed by atoms with Crippen molar-refractivity contribution in [3.05, 3.63) is 106 Å². The predicted octanol–water partition coefficient (Wildman–Crippen LogP) is 3.99. The van der Waals surface area contributed by atoms with Crippen LogP contribution >= 0.6 is 0 Å². The monoisotopic (exact) mass is 467 g/mol. The van der Waals surface area contributed by atoms with Crippen LogP contribution in [0.15, 0.2) is 83.7 Å². The first-order chi connectivity index (χ1) is 17.0. The Bertz CT molecular complexity index is 1370. The molecule has 0 saturated carbocycles. The number of para-hydroxylation sites is 1. The second kappa shape index (κ2) is 9.62. The first kappa shape index (κ1) is 22.7. The third kappa shape index (κ3) is 4.62. The minimum absolute atomic E-state index is 0.0431. The molecule has 7 nitrogen and oxygen atoms in total. The predicted molar refractivity (Wildman–Crippen MR) is 138 cm³/mol. The molecule has 1 saturated heterocycles. The van der Waals surface area contributed by atoms with Gasteiger partial charge in [0, 0.05) is 54.9 Å². The molecule has 3 heterocycles. The number of carbonyl (C=O) groups is 1. The molecule has 0 bridgehead atoms. The normalized spacial score (nSPS) is 14.1. The van der Waals surface area contributed by atoms with Gasteiger partial charge in [-0.3, -0.25) is 9.59 Å². The maximum Gasteiger partial charge on any atom is 0.271 e. The SMILES string of the molecule is Cc1ccc(C)n1-c1ccc(C(=O)N2CCCN(c3ccc(=O)n(-c4ccccc4)n3)CC2)cc1. The molecule has 2 aromatic heterocycles. The Balaban J connectivity index is 1.29. The van der Waals surface area contributed by atoms with Crippen molar-refractivity contribution in [1.82, 2.24) is 19.2 Å². The molecule has 1 aliphatic heterocycles. The number of amides is 1. The van der Waals surface area contributed by atoms with Crippen molar-refractivity contribution in [1.29, 1.82) is 0 Å². The van der Waals surface area contributed by atoms with Crippen molar-refractivity contribution >= 4 is 11.7 Å². The summed E-state index contributed by atoms with van der Waals surface area (Å²) < 4.78 is 3.61. The molecule has 0 N–H and O–H groups in total. The van der Waals surface area contributed by atoms with E-state index in [2.05, 4.69) is 40.5 Å². The zero-order chi connectivity index (χ0) is 24.4. The van der Waals surface area contributed by atoms with Crippen LogP contribution in [-0.4, -0.2) is 51.3 Å². The van der Waals surface area contributed by atoms with E-state index in [9.17, 15) is 9.59 Å². The number of carbonyl (C=O) groups excluding carboxylic acids is 1. The van der Waals surface area contributed by atoms with Gasteiger partial charge in [-0.05, 0) is 74.9 Å². The summed E-state index contributed by atoms with van der Waals surface area (Å²) in [4.78, 5) is 29.7. The third-order valence-electron chi connectivity index (χ3n) is 6.54. The van der Waals surface area contributed by atoms with Gasteiger partial charge in [-0.25, -0.2) is 0 Å². The smallest absolute Gasteiger partial charge is 0.271 e. The summed E-state index contributed by atoms with van der Waals surface area (Å²) in [6.07, 6.45) is 0.831. The fourth-order valence-corrected chi connectivity index (χ4v) is 4.69. The average molecular weight is 468 g/mol. The molecule has 1 aliphatic rings. The Kier molecular flexibility index (Phi) is 6.23. The maximum absolute atomic E-state index is 13.3. The molecule has 178 valence electrons. The number of aryl methyl sites for hydroxylation is 2. The van der Waals surface area contributed by atoms with Gasteiger partial charge >= 0.3 is 0 Å². The van der Waals surface area contributed by atoms with Crippen molar-refractivity contribution in [3.8, 4) is 11.4 Å². The molecule has 1 amide bonds. The van der Waals surface area contributed by atoms with E-state index in [1.807, 2.05) is 59.5 Å². The van der Waals surface area contributed by atoms with Gasteiger partial charge in [-0.1, -0.05) is 18.2 Å². The van der Waals surface area contributed by atoms with Crippen molar-refractivity contribution < 1.29 is 4.79 Å². The summed E-state index contributed by atoms with van der Waals surface area (Å²) in [5.41, 5.74) is 4.66. The van der Waals surface area contributed by atoms with Crippen LogP contribution < -0.4 is 10.5 Å². The van der Waals surface area contributed by atoms with E-state index in [1.54, 1.807) is 12.1 Å². The molecule has 0 radical (unpaired) electrons. The van der Waals surface area contributed by atoms with Gasteiger partial charge in [0.1, 0.15) is 5.82 Å². The van der Waals surface area contributed by atoms with Crippen molar-refractivity contribution in [3.63, 3.8) is 0 Å². The summed E-state index contributed by atoms with van der Waals surface area (Å²) >= 11 is 0. The van der Waals surface area contributed by atoms with Crippen LogP contribution in [-0.2, 0) is 0 Å². The highest BCUT2D eigenvalue weighted by Gasteiger charge is 2.22. The Morgan fingerprint density at radius 3 is 2.17 bits per heavy atom. The van der Waals surface area contributed by atoms with E-state index in [4.69, 9.17) is 0 Å². The van der Waals surface area contributed by atoms with E-state index in [-0.39, 0.29) is 11.5 Å². The van der Waals surface area contributed by atoms with E-state index >= 15 is 0 Å². The molecule has 0 unspecified atom stereocenters. The quantitative estimate of drug-likeness (QED) is 0.455. The number of hydrogen-bond acceptors (Lipinski definition) is 4. The lowest BCUT2D eigenvalue weighted by Gasteiger charge is -2.23. The first-order valence-corrected chi connectivity index (χ1v) is 12.0. The summed E-state index contributed by atoms with van der Waals surface area (Å²) in [6.45, 7) is 6.87. The molecular weight excluding hydrogens is 438 g/mol. The minimum atomic E-state index is -0.166.